The molecule has 2 saturated carbocycles. The van der Waals surface area contributed by atoms with Gasteiger partial charge in [-0.25, -0.2) is 4.98 Å². The van der Waals surface area contributed by atoms with Gasteiger partial charge in [-0.1, -0.05) is 37.8 Å². The number of carbonyl (C=O) groups excluding carboxylic acids is 1. The predicted molar refractivity (Wildman–Crippen MR) is 162 cm³/mol. The maximum Gasteiger partial charge on any atom is 0.307 e. The van der Waals surface area contributed by atoms with Crippen LogP contribution in [0.15, 0.2) is 52.2 Å². The van der Waals surface area contributed by atoms with E-state index in [1.807, 2.05) is 28.8 Å². The fourth-order valence-corrected chi connectivity index (χ4v) is 9.03. The third-order valence-electron chi connectivity index (χ3n) is 10.7. The van der Waals surface area contributed by atoms with E-state index in [-0.39, 0.29) is 47.4 Å². The molecule has 4 heterocycles. The number of piperidine rings is 2. The van der Waals surface area contributed by atoms with Gasteiger partial charge in [0, 0.05) is 36.9 Å². The zero-order valence-corrected chi connectivity index (χ0v) is 24.6. The molecular formula is C34H42N4O4. The second-order valence-electron chi connectivity index (χ2n) is 13.2. The van der Waals surface area contributed by atoms with Crippen LogP contribution in [0.3, 0.4) is 0 Å². The van der Waals surface area contributed by atoms with Gasteiger partial charge in [-0.15, -0.1) is 0 Å². The molecule has 7 rings (SSSR count). The average Bonchev–Trinajstić information content (AvgIpc) is 2.99. The lowest BCUT2D eigenvalue weighted by Gasteiger charge is -2.55. The van der Waals surface area contributed by atoms with Crippen LogP contribution in [-0.4, -0.2) is 50.2 Å². The highest BCUT2D eigenvalue weighted by Crippen LogP contribution is 2.47. The summed E-state index contributed by atoms with van der Waals surface area (Å²) in [6.45, 7) is 0.186. The van der Waals surface area contributed by atoms with E-state index < -0.39 is 0 Å². The summed E-state index contributed by atoms with van der Waals surface area (Å²) in [5.41, 5.74) is 1.53. The van der Waals surface area contributed by atoms with Gasteiger partial charge in [-0.3, -0.25) is 19.3 Å². The van der Waals surface area contributed by atoms with E-state index >= 15 is 0 Å². The summed E-state index contributed by atoms with van der Waals surface area (Å²) in [4.78, 5) is 47.3. The first-order chi connectivity index (χ1) is 20.5. The molecule has 1 aromatic carbocycles. The van der Waals surface area contributed by atoms with Gasteiger partial charge in [0.2, 0.25) is 0 Å². The predicted octanol–water partition coefficient (Wildman–Crippen LogP) is 5.32. The minimum Gasteiger partial charge on any atom is -0.469 e. The van der Waals surface area contributed by atoms with Gasteiger partial charge < -0.3 is 13.9 Å². The summed E-state index contributed by atoms with van der Waals surface area (Å²) in [5.74, 6) is 1.42. The summed E-state index contributed by atoms with van der Waals surface area (Å²) in [6.07, 6.45) is 15.7. The number of rotatable bonds is 6. The van der Waals surface area contributed by atoms with Crippen molar-refractivity contribution in [3.05, 3.63) is 63.3 Å². The van der Waals surface area contributed by atoms with E-state index in [1.165, 1.54) is 69.5 Å². The summed E-state index contributed by atoms with van der Waals surface area (Å²) >= 11 is 0. The Hall–Kier alpha value is -3.26. The molecule has 2 aliphatic heterocycles. The second-order valence-corrected chi connectivity index (χ2v) is 13.2. The number of hydrogen-bond donors (Lipinski definition) is 0. The number of carbonyl (C=O) groups is 1. The minimum absolute atomic E-state index is 0.0732. The summed E-state index contributed by atoms with van der Waals surface area (Å²) in [5, 5.41) is 0. The number of aromatic nitrogens is 3. The molecule has 2 saturated heterocycles. The van der Waals surface area contributed by atoms with Crippen molar-refractivity contribution in [2.75, 3.05) is 7.11 Å². The van der Waals surface area contributed by atoms with Gasteiger partial charge in [0.1, 0.15) is 5.69 Å². The van der Waals surface area contributed by atoms with Crippen molar-refractivity contribution in [2.24, 2.45) is 11.8 Å². The average molecular weight is 571 g/mol. The smallest absolute Gasteiger partial charge is 0.307 e. The number of aryl methyl sites for hydroxylation is 1. The lowest BCUT2D eigenvalue weighted by Crippen LogP contribution is -2.58. The van der Waals surface area contributed by atoms with Gasteiger partial charge in [0.25, 0.3) is 11.1 Å². The zero-order valence-electron chi connectivity index (χ0n) is 24.6. The van der Waals surface area contributed by atoms with Crippen LogP contribution in [0.1, 0.15) is 83.1 Å². The fourth-order valence-electron chi connectivity index (χ4n) is 9.03. The van der Waals surface area contributed by atoms with E-state index in [1.54, 1.807) is 18.3 Å². The van der Waals surface area contributed by atoms with E-state index in [0.717, 1.165) is 35.7 Å². The Kier molecular flexibility index (Phi) is 7.51. The lowest BCUT2D eigenvalue weighted by molar-refractivity contribution is -0.140. The van der Waals surface area contributed by atoms with E-state index in [9.17, 15) is 14.4 Å². The lowest BCUT2D eigenvalue weighted by atomic mass is 9.68. The van der Waals surface area contributed by atoms with E-state index in [4.69, 9.17) is 9.72 Å². The van der Waals surface area contributed by atoms with Crippen molar-refractivity contribution in [1.29, 1.82) is 0 Å². The van der Waals surface area contributed by atoms with Crippen molar-refractivity contribution in [1.82, 2.24) is 19.0 Å². The Morgan fingerprint density at radius 2 is 1.55 bits per heavy atom. The molecule has 0 spiro atoms. The monoisotopic (exact) mass is 570 g/mol. The van der Waals surface area contributed by atoms with Crippen molar-refractivity contribution in [3.8, 4) is 11.3 Å². The van der Waals surface area contributed by atoms with E-state index in [2.05, 4.69) is 4.90 Å². The topological polar surface area (TPSA) is 86.4 Å². The number of nitrogens with zero attached hydrogens (tertiary/aromatic N) is 4. The third-order valence-corrected chi connectivity index (χ3v) is 10.7. The van der Waals surface area contributed by atoms with Crippen LogP contribution in [0.4, 0.5) is 0 Å². The molecule has 8 heteroatoms. The van der Waals surface area contributed by atoms with Crippen LogP contribution in [-0.2, 0) is 16.1 Å². The first-order valence-corrected chi connectivity index (χ1v) is 16.1. The van der Waals surface area contributed by atoms with Crippen LogP contribution in [0.25, 0.3) is 22.3 Å². The number of pyridine rings is 1. The highest BCUT2D eigenvalue weighted by molar-refractivity contribution is 5.78. The number of para-hydroxylation sites is 2. The number of hydrogen-bond acceptors (Lipinski definition) is 6. The number of fused-ring (bicyclic) bond motifs is 5. The van der Waals surface area contributed by atoms with Gasteiger partial charge in [-0.2, -0.15) is 0 Å². The standard InChI is InChI=1S/C34H42N4O4/c1-42-31(39)14-16-36-15-6-11-28(33(36)40)32-34(41)38(30-13-3-2-12-29(30)35-32)27-20-24-9-5-10-25(21-27)37(24)26-18-22-7-4-8-23(17-22)19-26/h2-3,6,11-13,15,22-27H,4-5,7-10,14,16-21H2,1H3. The molecule has 2 aromatic heterocycles. The fraction of sp³-hybridized carbons (Fsp3) is 0.588. The summed E-state index contributed by atoms with van der Waals surface area (Å²) < 4.78 is 8.19. The van der Waals surface area contributed by atoms with Gasteiger partial charge in [-0.05, 0) is 81.0 Å². The van der Waals surface area contributed by atoms with Crippen LogP contribution in [0, 0.1) is 11.8 Å². The molecule has 4 unspecified atom stereocenters. The Balaban J connectivity index is 1.24. The maximum atomic E-state index is 14.4. The molecule has 42 heavy (non-hydrogen) atoms. The molecule has 2 aliphatic carbocycles. The number of ether oxygens (including phenoxy) is 1. The maximum absolute atomic E-state index is 14.4. The van der Waals surface area contributed by atoms with E-state index in [0.29, 0.717) is 18.1 Å². The summed E-state index contributed by atoms with van der Waals surface area (Å²) in [6, 6.07) is 13.0. The normalized spacial score (nSPS) is 29.4. The molecule has 222 valence electrons. The van der Waals surface area contributed by atoms with Gasteiger partial charge in [0.15, 0.2) is 0 Å². The molecule has 3 aromatic rings. The molecule has 4 bridgehead atoms. The Morgan fingerprint density at radius 1 is 0.833 bits per heavy atom. The van der Waals surface area contributed by atoms with Crippen LogP contribution >= 0.6 is 0 Å². The molecule has 4 aliphatic rings. The van der Waals surface area contributed by atoms with Gasteiger partial charge >= 0.3 is 5.97 Å². The first kappa shape index (κ1) is 27.6. The number of benzene rings is 1. The van der Waals surface area contributed by atoms with Crippen molar-refractivity contribution in [2.45, 2.75) is 108 Å². The third kappa shape index (κ3) is 5.01. The molecule has 4 atom stereocenters. The molecule has 0 radical (unpaired) electrons. The van der Waals surface area contributed by atoms with Crippen molar-refractivity contribution >= 4 is 17.0 Å². The Labute approximate surface area is 246 Å². The SMILES string of the molecule is COC(=O)CCn1cccc(-c2nc3ccccc3n(C3CC4CCCC(C3)N4C3CC4CCCC(C4)C3)c2=O)c1=O. The quantitative estimate of drug-likeness (QED) is 0.373. The molecular weight excluding hydrogens is 528 g/mol. The molecule has 8 nitrogen and oxygen atoms in total. The van der Waals surface area contributed by atoms with Crippen molar-refractivity contribution < 1.29 is 9.53 Å². The highest BCUT2D eigenvalue weighted by atomic mass is 16.5. The first-order valence-electron chi connectivity index (χ1n) is 16.1. The Bertz CT molecular complexity index is 1570. The minimum atomic E-state index is -0.383. The Morgan fingerprint density at radius 3 is 2.29 bits per heavy atom. The number of methoxy groups -OCH3 is 1. The second kappa shape index (κ2) is 11.4. The molecule has 0 N–H and O–H groups in total. The van der Waals surface area contributed by atoms with Crippen LogP contribution in [0.5, 0.6) is 0 Å². The zero-order chi connectivity index (χ0) is 28.8. The largest absolute Gasteiger partial charge is 0.469 e. The number of esters is 1. The van der Waals surface area contributed by atoms with Gasteiger partial charge in [0.05, 0.1) is 30.1 Å². The molecule has 0 amide bonds. The van der Waals surface area contributed by atoms with Crippen LogP contribution in [0.2, 0.25) is 0 Å². The highest BCUT2D eigenvalue weighted by Gasteiger charge is 2.45. The summed E-state index contributed by atoms with van der Waals surface area (Å²) in [7, 11) is 1.34. The van der Waals surface area contributed by atoms with Crippen LogP contribution < -0.4 is 11.1 Å². The van der Waals surface area contributed by atoms with Crippen molar-refractivity contribution in [3.63, 3.8) is 0 Å². The molecule has 4 fully saturated rings.